The highest BCUT2D eigenvalue weighted by Gasteiger charge is 2.12. The van der Waals surface area contributed by atoms with Gasteiger partial charge in [-0.2, -0.15) is 4.39 Å². The summed E-state index contributed by atoms with van der Waals surface area (Å²) in [6.07, 6.45) is 0. The second-order valence-electron chi connectivity index (χ2n) is 6.42. The fourth-order valence-corrected chi connectivity index (χ4v) is 3.37. The van der Waals surface area contributed by atoms with E-state index in [0.29, 0.717) is 20.4 Å². The second kappa shape index (κ2) is 11.3. The Morgan fingerprint density at radius 3 is 1.64 bits per heavy atom. The summed E-state index contributed by atoms with van der Waals surface area (Å²) in [5.74, 6) is -3.03. The van der Waals surface area contributed by atoms with Crippen molar-refractivity contribution in [3.8, 4) is 23.0 Å². The molecule has 9 heteroatoms. The Morgan fingerprint density at radius 1 is 0.515 bits per heavy atom. The van der Waals surface area contributed by atoms with Crippen LogP contribution in [-0.2, 0) is 0 Å². The fraction of sp³-hybridized carbons (Fsp3) is 0. The smallest absolute Gasteiger partial charge is 0.201 e. The number of benzene rings is 4. The van der Waals surface area contributed by atoms with Crippen molar-refractivity contribution in [3.05, 3.63) is 117 Å². The fourth-order valence-electron chi connectivity index (χ4n) is 2.52. The molecule has 0 radical (unpaired) electrons. The molecule has 0 saturated heterocycles. The molecular weight excluding hydrogens is 575 g/mol. The Balaban J connectivity index is 0.000000186. The summed E-state index contributed by atoms with van der Waals surface area (Å²) in [7, 11) is 0. The molecule has 0 aliphatic heterocycles. The van der Waals surface area contributed by atoms with E-state index in [1.165, 1.54) is 54.6 Å². The summed E-state index contributed by atoms with van der Waals surface area (Å²) in [6.45, 7) is 0. The van der Waals surface area contributed by atoms with Crippen molar-refractivity contribution in [2.24, 2.45) is 0 Å². The first-order valence-electron chi connectivity index (χ1n) is 9.17. The normalized spacial score (nSPS) is 10.3. The standard InChI is InChI=1S/C12H6BrF3O.C12H7BrF2O/c13-7-4-10(15)12(16)11(5-7)17-9-3-1-2-8(14)6-9;13-8-4-10(15)7-12(5-8)16-11-3-1-2-9(14)6-11/h1-6H;1-7H. The lowest BCUT2D eigenvalue weighted by molar-refractivity contribution is 0.413. The van der Waals surface area contributed by atoms with Crippen LogP contribution in [0.15, 0.2) is 87.8 Å². The minimum Gasteiger partial charge on any atom is -0.457 e. The van der Waals surface area contributed by atoms with Crippen molar-refractivity contribution in [3.63, 3.8) is 0 Å². The topological polar surface area (TPSA) is 18.5 Å². The number of hydrogen-bond acceptors (Lipinski definition) is 2. The number of halogens is 7. The van der Waals surface area contributed by atoms with E-state index >= 15 is 0 Å². The third-order valence-electron chi connectivity index (χ3n) is 3.85. The van der Waals surface area contributed by atoms with Crippen LogP contribution in [0.25, 0.3) is 0 Å². The zero-order valence-electron chi connectivity index (χ0n) is 16.5. The maximum absolute atomic E-state index is 13.4. The van der Waals surface area contributed by atoms with E-state index in [4.69, 9.17) is 9.47 Å². The Hall–Kier alpha value is -2.91. The number of ether oxygens (including phenoxy) is 2. The monoisotopic (exact) mass is 586 g/mol. The summed E-state index contributed by atoms with van der Waals surface area (Å²) >= 11 is 6.16. The maximum Gasteiger partial charge on any atom is 0.201 e. The first kappa shape index (κ1) is 24.7. The van der Waals surface area contributed by atoms with Crippen molar-refractivity contribution in [2.45, 2.75) is 0 Å². The molecule has 0 amide bonds. The van der Waals surface area contributed by atoms with E-state index in [1.807, 2.05) is 0 Å². The summed E-state index contributed by atoms with van der Waals surface area (Å²) in [5.41, 5.74) is 0. The molecule has 0 bridgehead atoms. The number of rotatable bonds is 4. The Bertz CT molecular complexity index is 1250. The van der Waals surface area contributed by atoms with Gasteiger partial charge in [-0.1, -0.05) is 44.0 Å². The Kier molecular flexibility index (Phi) is 8.46. The minimum atomic E-state index is -1.11. The molecule has 0 heterocycles. The average Bonchev–Trinajstić information content (AvgIpc) is 2.71. The summed E-state index contributed by atoms with van der Waals surface area (Å²) in [6, 6.07) is 17.2. The molecule has 0 aliphatic carbocycles. The molecular formula is C24H13Br2F5O2. The number of hydrogen-bond donors (Lipinski definition) is 0. The molecule has 4 aromatic carbocycles. The molecule has 0 aliphatic rings. The van der Waals surface area contributed by atoms with Crippen LogP contribution >= 0.6 is 31.9 Å². The van der Waals surface area contributed by atoms with Crippen LogP contribution in [0.3, 0.4) is 0 Å². The van der Waals surface area contributed by atoms with E-state index in [2.05, 4.69) is 31.9 Å². The zero-order valence-corrected chi connectivity index (χ0v) is 19.6. The first-order valence-corrected chi connectivity index (χ1v) is 10.8. The summed E-state index contributed by atoms with van der Waals surface area (Å²) in [5, 5.41) is 0. The van der Waals surface area contributed by atoms with E-state index in [-0.39, 0.29) is 11.5 Å². The van der Waals surface area contributed by atoms with E-state index < -0.39 is 29.1 Å². The predicted octanol–water partition coefficient (Wildman–Crippen LogP) is 9.18. The molecule has 2 nitrogen and oxygen atoms in total. The van der Waals surface area contributed by atoms with Crippen molar-refractivity contribution in [1.29, 1.82) is 0 Å². The zero-order chi connectivity index (χ0) is 24.0. The lowest BCUT2D eigenvalue weighted by atomic mass is 10.3. The van der Waals surface area contributed by atoms with E-state index in [1.54, 1.807) is 12.1 Å². The highest BCUT2D eigenvalue weighted by atomic mass is 79.9. The molecule has 0 aromatic heterocycles. The average molecular weight is 588 g/mol. The van der Waals surface area contributed by atoms with Gasteiger partial charge in [0.2, 0.25) is 5.82 Å². The Labute approximate surface area is 202 Å². The summed E-state index contributed by atoms with van der Waals surface area (Å²) < 4.78 is 76.5. The van der Waals surface area contributed by atoms with Crippen LogP contribution in [0.5, 0.6) is 23.0 Å². The third-order valence-corrected chi connectivity index (χ3v) is 4.77. The first-order chi connectivity index (χ1) is 15.7. The molecule has 170 valence electrons. The third kappa shape index (κ3) is 7.57. The van der Waals surface area contributed by atoms with Gasteiger partial charge < -0.3 is 9.47 Å². The van der Waals surface area contributed by atoms with E-state index in [9.17, 15) is 22.0 Å². The van der Waals surface area contributed by atoms with Gasteiger partial charge in [0.15, 0.2) is 11.6 Å². The Morgan fingerprint density at radius 2 is 1.06 bits per heavy atom. The molecule has 33 heavy (non-hydrogen) atoms. The van der Waals surface area contributed by atoms with Gasteiger partial charge in [-0.25, -0.2) is 17.6 Å². The van der Waals surface area contributed by atoms with Gasteiger partial charge >= 0.3 is 0 Å². The lowest BCUT2D eigenvalue weighted by Gasteiger charge is -2.07. The molecule has 4 rings (SSSR count). The van der Waals surface area contributed by atoms with Crippen LogP contribution in [0, 0.1) is 29.1 Å². The molecule has 4 aromatic rings. The quantitative estimate of drug-likeness (QED) is 0.175. The molecule has 0 saturated carbocycles. The van der Waals surface area contributed by atoms with Gasteiger partial charge in [0.25, 0.3) is 0 Å². The van der Waals surface area contributed by atoms with Crippen LogP contribution in [-0.4, -0.2) is 0 Å². The predicted molar refractivity (Wildman–Crippen MR) is 121 cm³/mol. The second-order valence-corrected chi connectivity index (χ2v) is 8.26. The van der Waals surface area contributed by atoms with Gasteiger partial charge in [0, 0.05) is 27.1 Å². The van der Waals surface area contributed by atoms with Crippen molar-refractivity contribution in [1.82, 2.24) is 0 Å². The highest BCUT2D eigenvalue weighted by Crippen LogP contribution is 2.30. The van der Waals surface area contributed by atoms with Crippen LogP contribution in [0.1, 0.15) is 0 Å². The van der Waals surface area contributed by atoms with Crippen molar-refractivity contribution in [2.75, 3.05) is 0 Å². The summed E-state index contributed by atoms with van der Waals surface area (Å²) in [4.78, 5) is 0. The highest BCUT2D eigenvalue weighted by molar-refractivity contribution is 9.10. The van der Waals surface area contributed by atoms with Crippen LogP contribution in [0.4, 0.5) is 22.0 Å². The molecule has 0 fully saturated rings. The maximum atomic E-state index is 13.4. The largest absolute Gasteiger partial charge is 0.457 e. The van der Waals surface area contributed by atoms with Crippen LogP contribution < -0.4 is 9.47 Å². The minimum absolute atomic E-state index is 0.0985. The van der Waals surface area contributed by atoms with Gasteiger partial charge in [-0.15, -0.1) is 0 Å². The molecule has 0 N–H and O–H groups in total. The van der Waals surface area contributed by atoms with Crippen LogP contribution in [0.2, 0.25) is 0 Å². The SMILES string of the molecule is Fc1cccc(Oc2cc(Br)cc(F)c2F)c1.Fc1cccc(Oc2cc(F)cc(Br)c2)c1. The van der Waals surface area contributed by atoms with Gasteiger partial charge in [0.1, 0.15) is 34.7 Å². The molecule has 0 spiro atoms. The van der Waals surface area contributed by atoms with E-state index in [0.717, 1.165) is 12.1 Å². The molecule has 0 atom stereocenters. The van der Waals surface area contributed by atoms with Crippen molar-refractivity contribution >= 4 is 31.9 Å². The molecule has 0 unspecified atom stereocenters. The van der Waals surface area contributed by atoms with Gasteiger partial charge in [-0.3, -0.25) is 0 Å². The van der Waals surface area contributed by atoms with Crippen molar-refractivity contribution < 1.29 is 31.4 Å². The lowest BCUT2D eigenvalue weighted by Crippen LogP contribution is -1.92. The van der Waals surface area contributed by atoms with Gasteiger partial charge in [0.05, 0.1) is 0 Å². The van der Waals surface area contributed by atoms with Gasteiger partial charge in [-0.05, 0) is 48.5 Å².